The molecular formula is C15H23FN2S. The highest BCUT2D eigenvalue weighted by molar-refractivity contribution is 7.99. The molecule has 2 unspecified atom stereocenters. The third kappa shape index (κ3) is 3.42. The molecule has 1 aliphatic rings. The Kier molecular flexibility index (Phi) is 5.11. The van der Waals surface area contributed by atoms with Crippen molar-refractivity contribution in [1.29, 1.82) is 0 Å². The van der Waals surface area contributed by atoms with Gasteiger partial charge in [0.2, 0.25) is 0 Å². The molecular weight excluding hydrogens is 259 g/mol. The largest absolute Gasteiger partial charge is 0.365 e. The molecule has 2 nitrogen and oxygen atoms in total. The summed E-state index contributed by atoms with van der Waals surface area (Å²) >= 11 is 1.95. The molecule has 4 heteroatoms. The second-order valence-corrected chi connectivity index (χ2v) is 6.26. The van der Waals surface area contributed by atoms with Gasteiger partial charge >= 0.3 is 0 Å². The molecule has 106 valence electrons. The lowest BCUT2D eigenvalue weighted by Gasteiger charge is -2.35. The van der Waals surface area contributed by atoms with Crippen molar-refractivity contribution < 1.29 is 4.39 Å². The maximum absolute atomic E-state index is 14.3. The van der Waals surface area contributed by atoms with Gasteiger partial charge in [-0.2, -0.15) is 11.8 Å². The molecule has 1 heterocycles. The summed E-state index contributed by atoms with van der Waals surface area (Å²) in [5.74, 6) is 2.06. The minimum atomic E-state index is -0.0963. The number of hydrogen-bond acceptors (Lipinski definition) is 3. The first-order valence-electron chi connectivity index (χ1n) is 7.00. The molecule has 1 saturated heterocycles. The van der Waals surface area contributed by atoms with Crippen LogP contribution in [0.4, 0.5) is 10.1 Å². The summed E-state index contributed by atoms with van der Waals surface area (Å²) in [6.07, 6.45) is 0. The monoisotopic (exact) mass is 282 g/mol. The third-order valence-electron chi connectivity index (χ3n) is 3.66. The minimum Gasteiger partial charge on any atom is -0.365 e. The second kappa shape index (κ2) is 6.62. The molecule has 0 aliphatic carbocycles. The minimum absolute atomic E-state index is 0.0963. The Labute approximate surface area is 119 Å². The smallest absolute Gasteiger partial charge is 0.146 e. The van der Waals surface area contributed by atoms with Gasteiger partial charge in [0.15, 0.2) is 0 Å². The molecule has 2 atom stereocenters. The quantitative estimate of drug-likeness (QED) is 0.911. The number of thioether (sulfide) groups is 1. The van der Waals surface area contributed by atoms with Crippen LogP contribution in [0.25, 0.3) is 0 Å². The van der Waals surface area contributed by atoms with Crippen LogP contribution in [-0.2, 0) is 0 Å². The van der Waals surface area contributed by atoms with Crippen molar-refractivity contribution in [1.82, 2.24) is 5.32 Å². The van der Waals surface area contributed by atoms with Crippen molar-refractivity contribution in [2.75, 3.05) is 29.5 Å². The van der Waals surface area contributed by atoms with E-state index in [1.807, 2.05) is 23.9 Å². The first kappa shape index (κ1) is 14.7. The van der Waals surface area contributed by atoms with Crippen molar-refractivity contribution in [3.63, 3.8) is 0 Å². The predicted molar refractivity (Wildman–Crippen MR) is 82.6 cm³/mol. The Bertz CT molecular complexity index is 425. The number of nitrogens with zero attached hydrogens (tertiary/aromatic N) is 1. The van der Waals surface area contributed by atoms with Crippen LogP contribution in [0.5, 0.6) is 0 Å². The Hall–Kier alpha value is -0.740. The van der Waals surface area contributed by atoms with Gasteiger partial charge in [-0.1, -0.05) is 13.0 Å². The standard InChI is InChI=1S/C15H23FN2S/c1-4-17-12(3)13-5-6-15(14(16)9-13)18-7-8-19-10-11(18)2/h5-6,9,11-12,17H,4,7-8,10H2,1-3H3. The number of hydrogen-bond donors (Lipinski definition) is 1. The molecule has 1 aliphatic heterocycles. The van der Waals surface area contributed by atoms with E-state index in [-0.39, 0.29) is 11.9 Å². The average molecular weight is 282 g/mol. The van der Waals surface area contributed by atoms with E-state index in [1.54, 1.807) is 6.07 Å². The molecule has 0 radical (unpaired) electrons. The van der Waals surface area contributed by atoms with Crippen LogP contribution in [-0.4, -0.2) is 30.6 Å². The summed E-state index contributed by atoms with van der Waals surface area (Å²) in [4.78, 5) is 2.19. The molecule has 2 rings (SSSR count). The van der Waals surface area contributed by atoms with Gasteiger partial charge in [-0.25, -0.2) is 4.39 Å². The van der Waals surface area contributed by atoms with Crippen LogP contribution < -0.4 is 10.2 Å². The van der Waals surface area contributed by atoms with Gasteiger partial charge in [-0.05, 0) is 38.1 Å². The fraction of sp³-hybridized carbons (Fsp3) is 0.600. The van der Waals surface area contributed by atoms with Crippen LogP contribution in [0.3, 0.4) is 0 Å². The Morgan fingerprint density at radius 2 is 2.32 bits per heavy atom. The zero-order chi connectivity index (χ0) is 13.8. The Morgan fingerprint density at radius 3 is 2.95 bits per heavy atom. The number of benzene rings is 1. The predicted octanol–water partition coefficient (Wildman–Crippen LogP) is 3.44. The molecule has 0 amide bonds. The van der Waals surface area contributed by atoms with Gasteiger partial charge in [0.1, 0.15) is 5.82 Å². The van der Waals surface area contributed by atoms with Crippen LogP contribution in [0.15, 0.2) is 18.2 Å². The van der Waals surface area contributed by atoms with Crippen molar-refractivity contribution in [3.05, 3.63) is 29.6 Å². The first-order chi connectivity index (χ1) is 9.13. The van der Waals surface area contributed by atoms with Gasteiger partial charge in [-0.15, -0.1) is 0 Å². The first-order valence-corrected chi connectivity index (χ1v) is 8.16. The lowest BCUT2D eigenvalue weighted by atomic mass is 10.1. The molecule has 19 heavy (non-hydrogen) atoms. The van der Waals surface area contributed by atoms with E-state index in [2.05, 4.69) is 31.0 Å². The molecule has 1 fully saturated rings. The topological polar surface area (TPSA) is 15.3 Å². The van der Waals surface area contributed by atoms with Gasteiger partial charge in [0.25, 0.3) is 0 Å². The van der Waals surface area contributed by atoms with E-state index in [0.29, 0.717) is 6.04 Å². The number of halogens is 1. The van der Waals surface area contributed by atoms with E-state index >= 15 is 0 Å². The van der Waals surface area contributed by atoms with Crippen molar-refractivity contribution in [2.45, 2.75) is 32.9 Å². The fourth-order valence-electron chi connectivity index (χ4n) is 2.53. The molecule has 0 bridgehead atoms. The maximum Gasteiger partial charge on any atom is 0.146 e. The summed E-state index contributed by atoms with van der Waals surface area (Å²) in [5, 5.41) is 3.31. The Morgan fingerprint density at radius 1 is 1.53 bits per heavy atom. The zero-order valence-electron chi connectivity index (χ0n) is 11.9. The van der Waals surface area contributed by atoms with Gasteiger partial charge in [-0.3, -0.25) is 0 Å². The Balaban J connectivity index is 2.18. The highest BCUT2D eigenvalue weighted by Crippen LogP contribution is 2.28. The molecule has 0 spiro atoms. The van der Waals surface area contributed by atoms with Gasteiger partial charge in [0, 0.05) is 30.1 Å². The molecule has 0 saturated carbocycles. The summed E-state index contributed by atoms with van der Waals surface area (Å²) in [7, 11) is 0. The van der Waals surface area contributed by atoms with E-state index in [4.69, 9.17) is 0 Å². The molecule has 1 aromatic carbocycles. The molecule has 1 aromatic rings. The van der Waals surface area contributed by atoms with E-state index in [0.717, 1.165) is 35.8 Å². The maximum atomic E-state index is 14.3. The van der Waals surface area contributed by atoms with Crippen LogP contribution in [0.2, 0.25) is 0 Å². The van der Waals surface area contributed by atoms with E-state index in [1.165, 1.54) is 0 Å². The molecule has 1 N–H and O–H groups in total. The fourth-order valence-corrected chi connectivity index (χ4v) is 3.55. The van der Waals surface area contributed by atoms with Gasteiger partial charge < -0.3 is 10.2 Å². The summed E-state index contributed by atoms with van der Waals surface area (Å²) in [6.45, 7) is 8.13. The van der Waals surface area contributed by atoms with E-state index < -0.39 is 0 Å². The van der Waals surface area contributed by atoms with Crippen molar-refractivity contribution >= 4 is 17.4 Å². The van der Waals surface area contributed by atoms with Crippen molar-refractivity contribution in [3.8, 4) is 0 Å². The number of anilines is 1. The third-order valence-corrected chi connectivity index (χ3v) is 4.85. The SMILES string of the molecule is CCNC(C)c1ccc(N2CCSCC2C)c(F)c1. The summed E-state index contributed by atoms with van der Waals surface area (Å²) in [5.41, 5.74) is 1.77. The van der Waals surface area contributed by atoms with Crippen molar-refractivity contribution in [2.24, 2.45) is 0 Å². The molecule has 0 aromatic heterocycles. The number of rotatable bonds is 4. The summed E-state index contributed by atoms with van der Waals surface area (Å²) in [6, 6.07) is 6.26. The summed E-state index contributed by atoms with van der Waals surface area (Å²) < 4.78 is 14.3. The second-order valence-electron chi connectivity index (χ2n) is 5.11. The lowest BCUT2D eigenvalue weighted by molar-refractivity contribution is 0.576. The lowest BCUT2D eigenvalue weighted by Crippen LogP contribution is -2.40. The number of nitrogens with one attached hydrogen (secondary N) is 1. The zero-order valence-corrected chi connectivity index (χ0v) is 12.8. The highest BCUT2D eigenvalue weighted by atomic mass is 32.2. The average Bonchev–Trinajstić information content (AvgIpc) is 2.40. The highest BCUT2D eigenvalue weighted by Gasteiger charge is 2.21. The van der Waals surface area contributed by atoms with E-state index in [9.17, 15) is 4.39 Å². The normalized spacial score (nSPS) is 21.5. The van der Waals surface area contributed by atoms with Crippen LogP contribution in [0.1, 0.15) is 32.4 Å². The van der Waals surface area contributed by atoms with Crippen LogP contribution in [0, 0.1) is 5.82 Å². The van der Waals surface area contributed by atoms with Gasteiger partial charge in [0.05, 0.1) is 5.69 Å². The van der Waals surface area contributed by atoms with Crippen LogP contribution >= 0.6 is 11.8 Å².